The van der Waals surface area contributed by atoms with E-state index in [0.717, 1.165) is 5.69 Å². The maximum atomic E-state index is 11.5. The topological polar surface area (TPSA) is 64.3 Å². The fourth-order valence-corrected chi connectivity index (χ4v) is 1.33. The van der Waals surface area contributed by atoms with Gasteiger partial charge < -0.3 is 15.8 Å². The molecule has 0 aromatic heterocycles. The van der Waals surface area contributed by atoms with Gasteiger partial charge in [0, 0.05) is 18.8 Å². The van der Waals surface area contributed by atoms with Crippen molar-refractivity contribution < 1.29 is 9.53 Å². The quantitative estimate of drug-likeness (QED) is 0.797. The Bertz CT molecular complexity index is 446. The summed E-state index contributed by atoms with van der Waals surface area (Å²) in [5.74, 6) is -0.362. The Morgan fingerprint density at radius 1 is 1.17 bits per heavy atom. The van der Waals surface area contributed by atoms with Crippen LogP contribution in [0.1, 0.15) is 10.4 Å². The highest BCUT2D eigenvalue weighted by molar-refractivity contribution is 5.89. The molecule has 96 valence electrons. The van der Waals surface area contributed by atoms with Gasteiger partial charge in [0.15, 0.2) is 0 Å². The van der Waals surface area contributed by atoms with Gasteiger partial charge in [0.2, 0.25) is 0 Å². The maximum Gasteiger partial charge on any atom is 0.337 e. The minimum absolute atomic E-state index is 0.362. The van der Waals surface area contributed by atoms with E-state index < -0.39 is 0 Å². The second kappa shape index (κ2) is 8.08. The first-order chi connectivity index (χ1) is 8.77. The van der Waals surface area contributed by atoms with Crippen molar-refractivity contribution in [3.8, 4) is 0 Å². The molecule has 0 fully saturated rings. The fourth-order valence-electron chi connectivity index (χ4n) is 1.33. The summed E-state index contributed by atoms with van der Waals surface area (Å²) in [6.07, 6.45) is 0. The van der Waals surface area contributed by atoms with E-state index >= 15 is 0 Å². The number of hydrogen-bond donors (Lipinski definition) is 2. The Balaban J connectivity index is 3.12. The Morgan fingerprint density at radius 2 is 1.89 bits per heavy atom. The third-order valence-electron chi connectivity index (χ3n) is 2.22. The fraction of sp³-hybridized carbons (Fsp3) is 0.214. The Kier molecular flexibility index (Phi) is 6.28. The third kappa shape index (κ3) is 4.84. The number of carbonyl (C=O) groups excluding carboxylic acids is 1. The van der Waals surface area contributed by atoms with Crippen LogP contribution < -0.4 is 11.1 Å². The predicted molar refractivity (Wildman–Crippen MR) is 73.0 cm³/mol. The molecule has 0 unspecified atom stereocenters. The minimum Gasteiger partial charge on any atom is -0.465 e. The highest BCUT2D eigenvalue weighted by Crippen LogP contribution is 2.05. The number of anilines is 1. The maximum absolute atomic E-state index is 11.5. The van der Waals surface area contributed by atoms with Crippen molar-refractivity contribution >= 4 is 11.7 Å². The molecule has 0 bridgehead atoms. The first-order valence-electron chi connectivity index (χ1n) is 5.73. The van der Waals surface area contributed by atoms with Crippen LogP contribution in [-0.4, -0.2) is 26.2 Å². The lowest BCUT2D eigenvalue weighted by Crippen LogP contribution is -2.12. The Hall–Kier alpha value is -2.07. The smallest absolute Gasteiger partial charge is 0.337 e. The number of methoxy groups -OCH3 is 1. The van der Waals surface area contributed by atoms with Gasteiger partial charge in [-0.2, -0.15) is 0 Å². The molecule has 0 radical (unpaired) electrons. The zero-order valence-electron chi connectivity index (χ0n) is 10.4. The van der Waals surface area contributed by atoms with E-state index in [1.54, 1.807) is 18.2 Å². The predicted octanol–water partition coefficient (Wildman–Crippen LogP) is 1.97. The van der Waals surface area contributed by atoms with Crippen molar-refractivity contribution in [3.63, 3.8) is 0 Å². The highest BCUT2D eigenvalue weighted by Gasteiger charge is 2.00. The number of ether oxygens (including phenoxy) is 1. The van der Waals surface area contributed by atoms with Crippen molar-refractivity contribution in [1.82, 2.24) is 0 Å². The monoisotopic (exact) mass is 246 g/mol. The normalized spacial score (nSPS) is 9.22. The Labute approximate surface area is 107 Å². The third-order valence-corrected chi connectivity index (χ3v) is 2.22. The molecule has 0 aliphatic carbocycles. The van der Waals surface area contributed by atoms with Crippen LogP contribution in [0.3, 0.4) is 0 Å². The molecule has 0 amide bonds. The number of rotatable bonds is 4. The lowest BCUT2D eigenvalue weighted by molar-refractivity contribution is 0.0601. The molecule has 18 heavy (non-hydrogen) atoms. The molecule has 0 aliphatic rings. The van der Waals surface area contributed by atoms with Gasteiger partial charge in [-0.3, -0.25) is 0 Å². The van der Waals surface area contributed by atoms with E-state index in [4.69, 9.17) is 10.5 Å². The zero-order valence-corrected chi connectivity index (χ0v) is 10.4. The van der Waals surface area contributed by atoms with Crippen LogP contribution >= 0.6 is 0 Å². The van der Waals surface area contributed by atoms with E-state index in [0.29, 0.717) is 18.7 Å². The molecule has 1 aromatic carbocycles. The van der Waals surface area contributed by atoms with E-state index in [1.807, 2.05) is 30.3 Å². The molecule has 0 atom stereocenters. The molecule has 0 heterocycles. The minimum atomic E-state index is -0.362. The van der Waals surface area contributed by atoms with Crippen molar-refractivity contribution in [3.05, 3.63) is 54.1 Å². The first-order valence-corrected chi connectivity index (χ1v) is 5.73. The van der Waals surface area contributed by atoms with Gasteiger partial charge in [0.1, 0.15) is 0 Å². The molecule has 1 rings (SSSR count). The average molecular weight is 246 g/mol. The largest absolute Gasteiger partial charge is 0.465 e. The van der Waals surface area contributed by atoms with Gasteiger partial charge in [-0.15, -0.1) is 0 Å². The van der Waals surface area contributed by atoms with Crippen molar-refractivity contribution in [1.29, 1.82) is 0 Å². The van der Waals surface area contributed by atoms with Gasteiger partial charge in [-0.25, -0.2) is 4.79 Å². The number of carbonyl (C=O) groups is 1. The Morgan fingerprint density at radius 3 is 2.56 bits per heavy atom. The summed E-state index contributed by atoms with van der Waals surface area (Å²) in [5.41, 5.74) is 6.82. The summed E-state index contributed by atoms with van der Waals surface area (Å²) in [5, 5.41) is 3.16. The van der Waals surface area contributed by atoms with E-state index in [-0.39, 0.29) is 5.97 Å². The van der Waals surface area contributed by atoms with Crippen molar-refractivity contribution in [2.45, 2.75) is 0 Å². The van der Waals surface area contributed by atoms with Crippen LogP contribution in [0, 0.1) is 0 Å². The summed E-state index contributed by atoms with van der Waals surface area (Å²) in [6.45, 7) is 1.23. The second-order valence-electron chi connectivity index (χ2n) is 3.55. The molecular formula is C14H18N2O2. The summed E-state index contributed by atoms with van der Waals surface area (Å²) < 4.78 is 4.70. The molecule has 0 aliphatic heterocycles. The summed E-state index contributed by atoms with van der Waals surface area (Å²) >= 11 is 0. The second-order valence-corrected chi connectivity index (χ2v) is 3.55. The standard InChI is InChI=1S/C14H18N2O2/c1-18-14(17)12-6-4-2-3-5-7-13(9-8-12)16-11-10-15/h2-9,16H,10-11,15H2,1H3. The van der Waals surface area contributed by atoms with Crippen LogP contribution in [0.5, 0.6) is 0 Å². The zero-order chi connectivity index (χ0) is 13.2. The molecule has 3 N–H and O–H groups in total. The molecule has 0 saturated heterocycles. The van der Waals surface area contributed by atoms with Crippen LogP contribution in [0.25, 0.3) is 0 Å². The van der Waals surface area contributed by atoms with E-state index in [2.05, 4.69) is 5.32 Å². The number of hydrogen-bond acceptors (Lipinski definition) is 4. The van der Waals surface area contributed by atoms with Crippen LogP contribution in [-0.2, 0) is 4.74 Å². The summed E-state index contributed by atoms with van der Waals surface area (Å²) in [4.78, 5) is 11.5. The number of esters is 1. The highest BCUT2D eigenvalue weighted by atomic mass is 16.5. The molecule has 0 spiro atoms. The van der Waals surface area contributed by atoms with Crippen LogP contribution in [0.2, 0.25) is 0 Å². The molecule has 0 saturated carbocycles. The van der Waals surface area contributed by atoms with Gasteiger partial charge in [0.25, 0.3) is 0 Å². The van der Waals surface area contributed by atoms with E-state index in [9.17, 15) is 4.79 Å². The number of nitrogens with one attached hydrogen (secondary N) is 1. The lowest BCUT2D eigenvalue weighted by atomic mass is 10.2. The van der Waals surface area contributed by atoms with Gasteiger partial charge in [0.05, 0.1) is 12.7 Å². The van der Waals surface area contributed by atoms with Gasteiger partial charge >= 0.3 is 5.97 Å². The van der Waals surface area contributed by atoms with Gasteiger partial charge in [-0.1, -0.05) is 24.3 Å². The van der Waals surface area contributed by atoms with Crippen LogP contribution in [0.15, 0.2) is 48.5 Å². The molecule has 1 aromatic rings. The van der Waals surface area contributed by atoms with Crippen molar-refractivity contribution in [2.24, 2.45) is 5.73 Å². The molecular weight excluding hydrogens is 228 g/mol. The average Bonchev–Trinajstić information content (AvgIpc) is 2.41. The molecule has 4 heteroatoms. The van der Waals surface area contributed by atoms with Crippen LogP contribution in [0.4, 0.5) is 5.69 Å². The first kappa shape index (κ1) is 14.0. The van der Waals surface area contributed by atoms with E-state index in [1.165, 1.54) is 7.11 Å². The van der Waals surface area contributed by atoms with Gasteiger partial charge in [-0.05, 0) is 24.3 Å². The molecule has 4 nitrogen and oxygen atoms in total. The SMILES string of the molecule is COC(=O)c1ccccccc(NCCN)cc1. The summed E-state index contributed by atoms with van der Waals surface area (Å²) in [7, 11) is 1.36. The lowest BCUT2D eigenvalue weighted by Gasteiger charge is -2.02. The van der Waals surface area contributed by atoms with Crippen molar-refractivity contribution in [2.75, 3.05) is 25.5 Å². The summed E-state index contributed by atoms with van der Waals surface area (Å²) in [6, 6.07) is 14.6. The number of nitrogens with two attached hydrogens (primary N) is 1.